The molecule has 3 heterocycles. The molecule has 0 aliphatic rings. The number of nitrogens with two attached hydrogens (primary N) is 1. The van der Waals surface area contributed by atoms with Crippen molar-refractivity contribution in [3.63, 3.8) is 0 Å². The predicted octanol–water partition coefficient (Wildman–Crippen LogP) is 2.71. The van der Waals surface area contributed by atoms with E-state index >= 15 is 0 Å². The van der Waals surface area contributed by atoms with Gasteiger partial charge in [-0.2, -0.15) is 18.3 Å². The summed E-state index contributed by atoms with van der Waals surface area (Å²) in [6, 6.07) is 5.24. The number of halogens is 3. The smallest absolute Gasteiger partial charge is 0.435 e. The van der Waals surface area contributed by atoms with Crippen LogP contribution in [0.25, 0.3) is 16.9 Å². The fourth-order valence-corrected chi connectivity index (χ4v) is 4.21. The summed E-state index contributed by atoms with van der Waals surface area (Å²) in [6.45, 7) is 3.21. The number of aryl methyl sites for hydroxylation is 2. The van der Waals surface area contributed by atoms with Crippen molar-refractivity contribution in [1.29, 1.82) is 0 Å². The number of aliphatic hydroxyl groups is 1. The van der Waals surface area contributed by atoms with Crippen LogP contribution in [-0.4, -0.2) is 79.7 Å². The van der Waals surface area contributed by atoms with Gasteiger partial charge in [-0.05, 0) is 36.6 Å². The number of amides is 1. The number of anilines is 2. The maximum atomic E-state index is 13.8. The van der Waals surface area contributed by atoms with Crippen molar-refractivity contribution >= 4 is 29.5 Å². The van der Waals surface area contributed by atoms with Crippen LogP contribution in [0.1, 0.15) is 35.0 Å². The van der Waals surface area contributed by atoms with Gasteiger partial charge in [-0.1, -0.05) is 6.92 Å². The fourth-order valence-electron chi connectivity index (χ4n) is 4.21. The van der Waals surface area contributed by atoms with Crippen LogP contribution in [0.4, 0.5) is 24.7 Å². The Labute approximate surface area is 244 Å². The number of fused-ring (bicyclic) bond motifs is 1. The molecule has 0 atom stereocenters. The summed E-state index contributed by atoms with van der Waals surface area (Å²) in [5.41, 5.74) is 6.68. The molecule has 0 unspecified atom stereocenters. The van der Waals surface area contributed by atoms with Gasteiger partial charge in [0.25, 0.3) is 12.4 Å². The molecule has 1 aromatic carbocycles. The Morgan fingerprint density at radius 2 is 2.00 bits per heavy atom. The second-order valence-electron chi connectivity index (χ2n) is 8.96. The molecule has 4 aromatic rings. The molecule has 4 rings (SSSR count). The van der Waals surface area contributed by atoms with Gasteiger partial charge in [-0.15, -0.1) is 0 Å². The molecule has 0 aliphatic heterocycles. The van der Waals surface area contributed by atoms with E-state index in [2.05, 4.69) is 25.7 Å². The van der Waals surface area contributed by atoms with Gasteiger partial charge in [-0.25, -0.2) is 9.97 Å². The second-order valence-corrected chi connectivity index (χ2v) is 8.96. The number of nitrogens with one attached hydrogen (secondary N) is 2. The molecule has 16 heteroatoms. The number of carboxylic acid groups (broad SMARTS) is 1. The number of hydrogen-bond acceptors (Lipinski definition) is 9. The highest BCUT2D eigenvalue weighted by Crippen LogP contribution is 2.37. The van der Waals surface area contributed by atoms with E-state index in [1.54, 1.807) is 12.1 Å². The minimum Gasteiger partial charge on any atom is -0.483 e. The van der Waals surface area contributed by atoms with Crippen molar-refractivity contribution in [2.24, 2.45) is 5.73 Å². The topological polar surface area (TPSA) is 182 Å². The zero-order valence-electron chi connectivity index (χ0n) is 23.3. The molecule has 13 nitrogen and oxygen atoms in total. The van der Waals surface area contributed by atoms with Gasteiger partial charge in [-0.3, -0.25) is 18.7 Å². The van der Waals surface area contributed by atoms with Crippen molar-refractivity contribution in [1.82, 2.24) is 29.5 Å². The number of alkyl halides is 3. The molecule has 0 saturated heterocycles. The number of carbonyl (C=O) groups is 2. The Bertz CT molecular complexity index is 1510. The van der Waals surface area contributed by atoms with Gasteiger partial charge in [0, 0.05) is 56.1 Å². The van der Waals surface area contributed by atoms with Crippen LogP contribution < -0.4 is 16.4 Å². The van der Waals surface area contributed by atoms with E-state index in [1.165, 1.54) is 33.9 Å². The lowest BCUT2D eigenvalue weighted by Gasteiger charge is -2.13. The van der Waals surface area contributed by atoms with E-state index in [9.17, 15) is 18.0 Å². The molecule has 3 aromatic heterocycles. The molecule has 1 amide bonds. The first-order valence-electron chi connectivity index (χ1n) is 13.3. The summed E-state index contributed by atoms with van der Waals surface area (Å²) < 4.78 is 49.4. The van der Waals surface area contributed by atoms with Crippen LogP contribution in [0.5, 0.6) is 0 Å². The molecule has 0 saturated carbocycles. The number of hydrogen-bond donors (Lipinski definition) is 5. The summed E-state index contributed by atoms with van der Waals surface area (Å²) in [5.74, 6) is 0.101. The fraction of sp³-hybridized carbons (Fsp3) is 0.370. The number of ether oxygens (including phenoxy) is 1. The van der Waals surface area contributed by atoms with Gasteiger partial charge in [0.1, 0.15) is 0 Å². The number of rotatable bonds is 13. The number of carbonyl (C=O) groups excluding carboxylic acids is 1. The highest BCUT2D eigenvalue weighted by atomic mass is 19.4. The first-order chi connectivity index (χ1) is 20.7. The quantitative estimate of drug-likeness (QED) is 0.112. The van der Waals surface area contributed by atoms with Gasteiger partial charge >= 0.3 is 6.18 Å². The Kier molecular flexibility index (Phi) is 12.0. The van der Waals surface area contributed by atoms with E-state index in [4.69, 9.17) is 25.5 Å². The van der Waals surface area contributed by atoms with Gasteiger partial charge < -0.3 is 31.3 Å². The normalized spacial score (nSPS) is 11.2. The number of aromatic nitrogens is 5. The molecular formula is C27H33F3N8O5. The maximum absolute atomic E-state index is 13.8. The molecular weight excluding hydrogens is 573 g/mol. The number of nitrogens with zero attached hydrogens (tertiary/aromatic N) is 5. The Morgan fingerprint density at radius 3 is 2.67 bits per heavy atom. The third kappa shape index (κ3) is 8.50. The minimum absolute atomic E-state index is 0.132. The largest absolute Gasteiger partial charge is 0.483 e. The monoisotopic (exact) mass is 606 g/mol. The first kappa shape index (κ1) is 33.0. The molecule has 0 fully saturated rings. The lowest BCUT2D eigenvalue weighted by atomic mass is 10.0. The Morgan fingerprint density at radius 1 is 1.23 bits per heavy atom. The second kappa shape index (κ2) is 15.6. The van der Waals surface area contributed by atoms with Gasteiger partial charge in [0.15, 0.2) is 17.2 Å². The number of aliphatic hydroxyl groups excluding tert-OH is 1. The van der Waals surface area contributed by atoms with Crippen LogP contribution in [0.3, 0.4) is 0 Å². The van der Waals surface area contributed by atoms with E-state index in [0.717, 1.165) is 5.56 Å². The summed E-state index contributed by atoms with van der Waals surface area (Å²) in [7, 11) is 0. The molecule has 0 bridgehead atoms. The Hall–Kier alpha value is -4.54. The van der Waals surface area contributed by atoms with E-state index in [1.807, 2.05) is 13.0 Å². The summed E-state index contributed by atoms with van der Waals surface area (Å²) in [5, 5.41) is 25.6. The van der Waals surface area contributed by atoms with E-state index < -0.39 is 11.9 Å². The highest BCUT2D eigenvalue weighted by molar-refractivity contribution is 5.96. The average molecular weight is 607 g/mol. The summed E-state index contributed by atoms with van der Waals surface area (Å²) in [6.07, 6.45) is 1.81. The third-order valence-electron chi connectivity index (χ3n) is 6.07. The van der Waals surface area contributed by atoms with Crippen molar-refractivity contribution in [3.8, 4) is 11.3 Å². The molecule has 0 spiro atoms. The van der Waals surface area contributed by atoms with Crippen LogP contribution in [0.15, 0.2) is 43.0 Å². The highest BCUT2D eigenvalue weighted by Gasteiger charge is 2.38. The standard InChI is InChI=1S/C26H31F3N8O3.CH2O2/c1-2-17-14-18(4-5-19(17)25(39)32-8-13-40-12-6-30)34-23-24-33-15-21(37(24)10-7-31-23)20-16-36(9-3-11-38)35-22(20)26(27,28)29;2-1-3/h4-5,7,10,14-16,38H,2-3,6,8-9,11-13,30H2,1H3,(H,31,34)(H,32,39);1H,(H,2,3). The molecule has 232 valence electrons. The number of imidazole rings is 1. The molecule has 0 radical (unpaired) electrons. The van der Waals surface area contributed by atoms with Crippen molar-refractivity contribution < 1.29 is 37.7 Å². The SMILES string of the molecule is CCc1cc(Nc2nccn3c(-c4cn(CCCO)nc4C(F)(F)F)cnc23)ccc1C(=O)NCCOCCN.O=CO. The first-order valence-corrected chi connectivity index (χ1v) is 13.3. The lowest BCUT2D eigenvalue weighted by Crippen LogP contribution is -2.28. The lowest BCUT2D eigenvalue weighted by molar-refractivity contribution is -0.141. The molecule has 43 heavy (non-hydrogen) atoms. The zero-order valence-corrected chi connectivity index (χ0v) is 23.3. The zero-order chi connectivity index (χ0) is 31.4. The molecule has 0 aliphatic carbocycles. The van der Waals surface area contributed by atoms with Crippen LogP contribution in [0, 0.1) is 0 Å². The van der Waals surface area contributed by atoms with Crippen LogP contribution in [0.2, 0.25) is 0 Å². The van der Waals surface area contributed by atoms with Crippen molar-refractivity contribution in [2.75, 3.05) is 38.2 Å². The summed E-state index contributed by atoms with van der Waals surface area (Å²) in [4.78, 5) is 29.7. The van der Waals surface area contributed by atoms with Crippen LogP contribution in [-0.2, 0) is 28.7 Å². The third-order valence-corrected chi connectivity index (χ3v) is 6.07. The van der Waals surface area contributed by atoms with E-state index in [-0.39, 0.29) is 43.2 Å². The van der Waals surface area contributed by atoms with Crippen LogP contribution >= 0.6 is 0 Å². The Balaban J connectivity index is 0.00000162. The summed E-state index contributed by atoms with van der Waals surface area (Å²) >= 11 is 0. The van der Waals surface area contributed by atoms with Gasteiger partial charge in [0.05, 0.1) is 30.7 Å². The average Bonchev–Trinajstić information content (AvgIpc) is 3.61. The van der Waals surface area contributed by atoms with Crippen molar-refractivity contribution in [3.05, 3.63) is 59.8 Å². The maximum Gasteiger partial charge on any atom is 0.435 e. The predicted molar refractivity (Wildman–Crippen MR) is 151 cm³/mol. The molecule has 6 N–H and O–H groups in total. The van der Waals surface area contributed by atoms with Gasteiger partial charge in [0.2, 0.25) is 0 Å². The number of benzene rings is 1. The van der Waals surface area contributed by atoms with E-state index in [0.29, 0.717) is 55.4 Å². The minimum atomic E-state index is -4.68. The van der Waals surface area contributed by atoms with Crippen molar-refractivity contribution in [2.45, 2.75) is 32.5 Å².